The summed E-state index contributed by atoms with van der Waals surface area (Å²) >= 11 is 0. The molecular weight excluding hydrogens is 326 g/mol. The first-order valence-corrected chi connectivity index (χ1v) is 9.36. The fourth-order valence-electron chi connectivity index (χ4n) is 3.23. The molecule has 2 aromatic carbocycles. The van der Waals surface area contributed by atoms with E-state index in [1.165, 1.54) is 0 Å². The van der Waals surface area contributed by atoms with Crippen LogP contribution in [0.25, 0.3) is 0 Å². The zero-order chi connectivity index (χ0) is 18.5. The van der Waals surface area contributed by atoms with Gasteiger partial charge in [-0.3, -0.25) is 9.59 Å². The number of nitrogens with zero attached hydrogens (tertiary/aromatic N) is 1. The molecule has 136 valence electrons. The van der Waals surface area contributed by atoms with Gasteiger partial charge in [0.05, 0.1) is 5.69 Å². The first kappa shape index (κ1) is 18.2. The number of rotatable bonds is 7. The molecule has 0 aromatic heterocycles. The summed E-state index contributed by atoms with van der Waals surface area (Å²) in [5, 5.41) is 0. The zero-order valence-corrected chi connectivity index (χ0v) is 15.4. The van der Waals surface area contributed by atoms with Crippen LogP contribution in [0.4, 0.5) is 5.69 Å². The maximum atomic E-state index is 13.1. The van der Waals surface area contributed by atoms with Crippen LogP contribution in [-0.2, 0) is 4.79 Å². The second-order valence-electron chi connectivity index (χ2n) is 6.56. The van der Waals surface area contributed by atoms with Crippen molar-refractivity contribution in [1.82, 2.24) is 0 Å². The summed E-state index contributed by atoms with van der Waals surface area (Å²) in [5.74, 6) is 0.655. The number of amides is 1. The number of fused-ring (bicyclic) bond motifs is 1. The van der Waals surface area contributed by atoms with E-state index in [9.17, 15) is 9.59 Å². The highest BCUT2D eigenvalue weighted by atomic mass is 16.5. The van der Waals surface area contributed by atoms with Gasteiger partial charge in [0.2, 0.25) is 6.10 Å². The SMILES string of the molecule is CCCCCN1C(=O)C(c2ccccc2)Oc2ccc(C(=O)CC)cc21. The number of hydrogen-bond acceptors (Lipinski definition) is 3. The zero-order valence-electron chi connectivity index (χ0n) is 15.4. The average molecular weight is 351 g/mol. The lowest BCUT2D eigenvalue weighted by Crippen LogP contribution is -2.41. The number of hydrogen-bond donors (Lipinski definition) is 0. The molecule has 0 saturated carbocycles. The van der Waals surface area contributed by atoms with Gasteiger partial charge in [-0.05, 0) is 24.6 Å². The van der Waals surface area contributed by atoms with E-state index in [1.54, 1.807) is 17.0 Å². The highest BCUT2D eigenvalue weighted by molar-refractivity contribution is 6.03. The molecule has 0 N–H and O–H groups in total. The molecule has 1 unspecified atom stereocenters. The number of carbonyl (C=O) groups excluding carboxylic acids is 2. The third-order valence-electron chi connectivity index (χ3n) is 4.72. The highest BCUT2D eigenvalue weighted by Gasteiger charge is 2.35. The van der Waals surface area contributed by atoms with Crippen LogP contribution in [-0.4, -0.2) is 18.2 Å². The second-order valence-corrected chi connectivity index (χ2v) is 6.56. The predicted molar refractivity (Wildman–Crippen MR) is 103 cm³/mol. The van der Waals surface area contributed by atoms with E-state index >= 15 is 0 Å². The van der Waals surface area contributed by atoms with Crippen molar-refractivity contribution in [3.8, 4) is 5.75 Å². The van der Waals surface area contributed by atoms with E-state index in [-0.39, 0.29) is 11.7 Å². The predicted octanol–water partition coefficient (Wildman–Crippen LogP) is 4.94. The van der Waals surface area contributed by atoms with Crippen molar-refractivity contribution < 1.29 is 14.3 Å². The largest absolute Gasteiger partial charge is 0.474 e. The fourth-order valence-corrected chi connectivity index (χ4v) is 3.23. The molecule has 1 aliphatic rings. The number of ether oxygens (including phenoxy) is 1. The first-order valence-electron chi connectivity index (χ1n) is 9.36. The van der Waals surface area contributed by atoms with Crippen molar-refractivity contribution in [3.05, 3.63) is 59.7 Å². The number of benzene rings is 2. The smallest absolute Gasteiger partial charge is 0.272 e. The molecule has 0 bridgehead atoms. The number of ketones is 1. The van der Waals surface area contributed by atoms with Crippen LogP contribution in [0.3, 0.4) is 0 Å². The minimum absolute atomic E-state index is 0.0685. The first-order chi connectivity index (χ1) is 12.7. The van der Waals surface area contributed by atoms with Crippen molar-refractivity contribution >= 4 is 17.4 Å². The normalized spacial score (nSPS) is 16.2. The van der Waals surface area contributed by atoms with Gasteiger partial charge in [-0.15, -0.1) is 0 Å². The monoisotopic (exact) mass is 351 g/mol. The van der Waals surface area contributed by atoms with Crippen LogP contribution in [0, 0.1) is 0 Å². The van der Waals surface area contributed by atoms with Crippen LogP contribution < -0.4 is 9.64 Å². The van der Waals surface area contributed by atoms with Gasteiger partial charge < -0.3 is 9.64 Å². The standard InChI is InChI=1S/C22H25NO3/c1-3-5-9-14-23-18-15-17(19(24)4-2)12-13-20(18)26-21(22(23)25)16-10-7-6-8-11-16/h6-8,10-13,15,21H,3-5,9,14H2,1-2H3. The Morgan fingerprint density at radius 1 is 1.08 bits per heavy atom. The van der Waals surface area contributed by atoms with Crippen LogP contribution in [0.15, 0.2) is 48.5 Å². The minimum atomic E-state index is -0.641. The van der Waals surface area contributed by atoms with Gasteiger partial charge in [0.1, 0.15) is 5.75 Å². The molecule has 0 radical (unpaired) electrons. The van der Waals surface area contributed by atoms with Gasteiger partial charge in [-0.2, -0.15) is 0 Å². The van der Waals surface area contributed by atoms with Crippen LogP contribution in [0.1, 0.15) is 61.6 Å². The van der Waals surface area contributed by atoms with E-state index < -0.39 is 6.10 Å². The van der Waals surface area contributed by atoms with E-state index in [2.05, 4.69) is 6.92 Å². The summed E-state index contributed by atoms with van der Waals surface area (Å²) in [6.07, 6.45) is 2.87. The maximum absolute atomic E-state index is 13.1. The molecule has 4 nitrogen and oxygen atoms in total. The summed E-state index contributed by atoms with van der Waals surface area (Å²) in [5.41, 5.74) is 2.18. The number of Topliss-reactive ketones (excluding diaryl/α,β-unsaturated/α-hetero) is 1. The molecule has 2 aromatic rings. The summed E-state index contributed by atoms with van der Waals surface area (Å²) < 4.78 is 6.03. The highest BCUT2D eigenvalue weighted by Crippen LogP contribution is 2.39. The third-order valence-corrected chi connectivity index (χ3v) is 4.72. The molecule has 1 heterocycles. The molecule has 0 fully saturated rings. The Balaban J connectivity index is 1.98. The van der Waals surface area contributed by atoms with Gasteiger partial charge >= 0.3 is 0 Å². The Hall–Kier alpha value is -2.62. The van der Waals surface area contributed by atoms with Crippen molar-refractivity contribution in [2.24, 2.45) is 0 Å². The molecule has 0 saturated heterocycles. The van der Waals surface area contributed by atoms with E-state index in [0.29, 0.717) is 30.0 Å². The molecular formula is C22H25NO3. The van der Waals surface area contributed by atoms with E-state index in [0.717, 1.165) is 24.8 Å². The molecule has 26 heavy (non-hydrogen) atoms. The number of anilines is 1. The average Bonchev–Trinajstić information content (AvgIpc) is 2.69. The van der Waals surface area contributed by atoms with Crippen molar-refractivity contribution in [2.75, 3.05) is 11.4 Å². The van der Waals surface area contributed by atoms with Gasteiger partial charge in [0, 0.05) is 24.1 Å². The lowest BCUT2D eigenvalue weighted by molar-refractivity contribution is -0.126. The second kappa shape index (κ2) is 8.17. The van der Waals surface area contributed by atoms with E-state index in [1.807, 2.05) is 43.3 Å². The lowest BCUT2D eigenvalue weighted by Gasteiger charge is -2.35. The summed E-state index contributed by atoms with van der Waals surface area (Å²) in [7, 11) is 0. The van der Waals surface area contributed by atoms with Crippen molar-refractivity contribution in [1.29, 1.82) is 0 Å². The molecule has 0 spiro atoms. The maximum Gasteiger partial charge on any atom is 0.272 e. The van der Waals surface area contributed by atoms with Crippen LogP contribution >= 0.6 is 0 Å². The van der Waals surface area contributed by atoms with Gasteiger partial charge in [-0.1, -0.05) is 57.0 Å². The van der Waals surface area contributed by atoms with Gasteiger partial charge in [0.25, 0.3) is 5.91 Å². The molecule has 1 aliphatic heterocycles. The third kappa shape index (κ3) is 3.64. The topological polar surface area (TPSA) is 46.6 Å². The Bertz CT molecular complexity index is 785. The minimum Gasteiger partial charge on any atom is -0.474 e. The lowest BCUT2D eigenvalue weighted by atomic mass is 10.0. The van der Waals surface area contributed by atoms with Gasteiger partial charge in [0.15, 0.2) is 5.78 Å². The Labute approximate surface area is 154 Å². The number of carbonyl (C=O) groups is 2. The summed E-state index contributed by atoms with van der Waals surface area (Å²) in [6.45, 7) is 4.61. The van der Waals surface area contributed by atoms with Crippen LogP contribution in [0.5, 0.6) is 5.75 Å². The van der Waals surface area contributed by atoms with E-state index in [4.69, 9.17) is 4.74 Å². The molecule has 4 heteroatoms. The quantitative estimate of drug-likeness (QED) is 0.524. The molecule has 1 atom stereocenters. The molecule has 1 amide bonds. The summed E-state index contributed by atoms with van der Waals surface area (Å²) in [6, 6.07) is 15.0. The Morgan fingerprint density at radius 2 is 1.85 bits per heavy atom. The van der Waals surface area contributed by atoms with Crippen molar-refractivity contribution in [3.63, 3.8) is 0 Å². The van der Waals surface area contributed by atoms with Crippen molar-refractivity contribution in [2.45, 2.75) is 45.6 Å². The fraction of sp³-hybridized carbons (Fsp3) is 0.364. The Kier molecular flexibility index (Phi) is 5.71. The molecule has 0 aliphatic carbocycles. The van der Waals surface area contributed by atoms with Crippen LogP contribution in [0.2, 0.25) is 0 Å². The number of unbranched alkanes of at least 4 members (excludes halogenated alkanes) is 2. The molecule has 3 rings (SSSR count). The van der Waals surface area contributed by atoms with Gasteiger partial charge in [-0.25, -0.2) is 0 Å². The Morgan fingerprint density at radius 3 is 2.54 bits per heavy atom. The summed E-state index contributed by atoms with van der Waals surface area (Å²) in [4.78, 5) is 27.0.